The number of hydrogen-bond acceptors (Lipinski definition) is 7. The van der Waals surface area contributed by atoms with Crippen molar-refractivity contribution in [1.29, 1.82) is 0 Å². The fraction of sp³-hybridized carbons (Fsp3) is 0.375. The van der Waals surface area contributed by atoms with Crippen LogP contribution in [-0.4, -0.2) is 69.3 Å². The number of nitrogens with one attached hydrogen (secondary N) is 1. The summed E-state index contributed by atoms with van der Waals surface area (Å²) in [6, 6.07) is 8.31. The van der Waals surface area contributed by atoms with Crippen molar-refractivity contribution in [1.82, 2.24) is 4.90 Å². The second-order valence-corrected chi connectivity index (χ2v) is 7.96. The molecule has 8 heteroatoms. The van der Waals surface area contributed by atoms with Gasteiger partial charge in [-0.2, -0.15) is 0 Å². The molecule has 32 heavy (non-hydrogen) atoms. The Morgan fingerprint density at radius 2 is 1.97 bits per heavy atom. The molecule has 4 rings (SSSR count). The zero-order valence-electron chi connectivity index (χ0n) is 18.3. The number of carbonyl (C=O) groups excluding carboxylic acids is 1. The molecular formula is C24H28N2O6. The SMILES string of the molecule is COc1ccc(C=C2Oc3c(ccc([O-])c3C[NH+]3CCN(CCO)CC3)C2=O)c(OC)c1. The molecule has 8 nitrogen and oxygen atoms in total. The summed E-state index contributed by atoms with van der Waals surface area (Å²) in [7, 11) is 3.12. The third-order valence-electron chi connectivity index (χ3n) is 6.03. The number of nitrogens with zero attached hydrogens (tertiary/aromatic N) is 1. The maximum atomic E-state index is 13.0. The zero-order chi connectivity index (χ0) is 22.7. The monoisotopic (exact) mass is 440 g/mol. The first-order valence-electron chi connectivity index (χ1n) is 10.7. The molecule has 2 aromatic carbocycles. The number of benzene rings is 2. The van der Waals surface area contributed by atoms with Crippen molar-refractivity contribution in [3.8, 4) is 23.0 Å². The van der Waals surface area contributed by atoms with Crippen molar-refractivity contribution in [2.45, 2.75) is 6.54 Å². The average Bonchev–Trinajstić information content (AvgIpc) is 3.12. The predicted molar refractivity (Wildman–Crippen MR) is 116 cm³/mol. The highest BCUT2D eigenvalue weighted by atomic mass is 16.5. The molecule has 0 saturated carbocycles. The molecule has 0 radical (unpaired) electrons. The lowest BCUT2D eigenvalue weighted by Crippen LogP contribution is -3.13. The zero-order valence-corrected chi connectivity index (χ0v) is 18.3. The molecule has 1 saturated heterocycles. The third kappa shape index (κ3) is 4.43. The van der Waals surface area contributed by atoms with Crippen molar-refractivity contribution < 1.29 is 34.1 Å². The van der Waals surface area contributed by atoms with Crippen molar-refractivity contribution in [2.24, 2.45) is 0 Å². The summed E-state index contributed by atoms with van der Waals surface area (Å²) in [5.41, 5.74) is 1.63. The quantitative estimate of drug-likeness (QED) is 0.589. The number of piperazine rings is 1. The summed E-state index contributed by atoms with van der Waals surface area (Å²) in [5, 5.41) is 21.8. The molecule has 0 spiro atoms. The van der Waals surface area contributed by atoms with Gasteiger partial charge in [-0.05, 0) is 24.3 Å². The smallest absolute Gasteiger partial charge is 0.231 e. The van der Waals surface area contributed by atoms with Crippen LogP contribution < -0.4 is 24.2 Å². The van der Waals surface area contributed by atoms with Gasteiger partial charge < -0.3 is 29.3 Å². The lowest BCUT2D eigenvalue weighted by molar-refractivity contribution is -0.918. The Labute approximate surface area is 187 Å². The van der Waals surface area contributed by atoms with Gasteiger partial charge in [0.2, 0.25) is 5.78 Å². The van der Waals surface area contributed by atoms with Crippen molar-refractivity contribution in [2.75, 3.05) is 53.6 Å². The number of methoxy groups -OCH3 is 2. The Morgan fingerprint density at radius 1 is 1.19 bits per heavy atom. The topological polar surface area (TPSA) is 95.7 Å². The molecule has 2 N–H and O–H groups in total. The summed E-state index contributed by atoms with van der Waals surface area (Å²) >= 11 is 0. The number of carbonyl (C=O) groups is 1. The number of ether oxygens (including phenoxy) is 3. The van der Waals surface area contributed by atoms with Crippen LogP contribution in [0.5, 0.6) is 23.0 Å². The number of quaternary nitrogens is 1. The van der Waals surface area contributed by atoms with Gasteiger partial charge in [-0.1, -0.05) is 11.8 Å². The Morgan fingerprint density at radius 3 is 2.66 bits per heavy atom. The maximum absolute atomic E-state index is 13.0. The molecular weight excluding hydrogens is 412 g/mol. The van der Waals surface area contributed by atoms with Gasteiger partial charge in [0, 0.05) is 36.8 Å². The van der Waals surface area contributed by atoms with Crippen molar-refractivity contribution >= 4 is 11.9 Å². The molecule has 0 amide bonds. The van der Waals surface area contributed by atoms with Gasteiger partial charge in [0.25, 0.3) is 0 Å². The van der Waals surface area contributed by atoms with Crippen LogP contribution in [0.15, 0.2) is 36.1 Å². The normalized spacial score (nSPS) is 18.0. The molecule has 1 fully saturated rings. The average molecular weight is 440 g/mol. The van der Waals surface area contributed by atoms with Crippen LogP contribution in [0.1, 0.15) is 21.5 Å². The van der Waals surface area contributed by atoms with E-state index in [9.17, 15) is 9.90 Å². The van der Waals surface area contributed by atoms with Crippen molar-refractivity contribution in [3.63, 3.8) is 0 Å². The van der Waals surface area contributed by atoms with Crippen LogP contribution in [0.2, 0.25) is 0 Å². The lowest BCUT2D eigenvalue weighted by atomic mass is 10.0. The number of aliphatic hydroxyl groups excluding tert-OH is 1. The number of fused-ring (bicyclic) bond motifs is 1. The first-order valence-corrected chi connectivity index (χ1v) is 10.7. The molecule has 170 valence electrons. The van der Waals surface area contributed by atoms with E-state index in [1.807, 2.05) is 0 Å². The molecule has 0 unspecified atom stereocenters. The summed E-state index contributed by atoms with van der Waals surface area (Å²) in [5.74, 6) is 1.36. The fourth-order valence-electron chi connectivity index (χ4n) is 4.20. The minimum atomic E-state index is -0.248. The highest BCUT2D eigenvalue weighted by Gasteiger charge is 2.32. The fourth-order valence-corrected chi connectivity index (χ4v) is 4.20. The Kier molecular flexibility index (Phi) is 6.64. The van der Waals surface area contributed by atoms with Gasteiger partial charge in [-0.25, -0.2) is 0 Å². The van der Waals surface area contributed by atoms with E-state index in [4.69, 9.17) is 19.3 Å². The van der Waals surface area contributed by atoms with Gasteiger partial charge in [0.1, 0.15) is 23.8 Å². The lowest BCUT2D eigenvalue weighted by Gasteiger charge is -2.32. The van der Waals surface area contributed by atoms with Crippen molar-refractivity contribution in [3.05, 3.63) is 52.8 Å². The number of aliphatic hydroxyl groups is 1. The molecule has 0 aromatic heterocycles. The number of Topliss-reactive ketones (excluding diaryl/α,β-unsaturated/α-hetero) is 1. The minimum Gasteiger partial charge on any atom is -0.872 e. The number of allylic oxidation sites excluding steroid dienone is 1. The maximum Gasteiger partial charge on any atom is 0.231 e. The highest BCUT2D eigenvalue weighted by Crippen LogP contribution is 2.39. The predicted octanol–water partition coefficient (Wildman–Crippen LogP) is 0.0864. The van der Waals surface area contributed by atoms with E-state index >= 15 is 0 Å². The molecule has 2 aliphatic heterocycles. The van der Waals surface area contributed by atoms with Gasteiger partial charge in [-0.15, -0.1) is 0 Å². The highest BCUT2D eigenvalue weighted by molar-refractivity contribution is 6.15. The molecule has 0 aliphatic carbocycles. The van der Waals surface area contributed by atoms with Gasteiger partial charge in [0.15, 0.2) is 5.76 Å². The van der Waals surface area contributed by atoms with Gasteiger partial charge in [-0.3, -0.25) is 9.69 Å². The Hall–Kier alpha value is -3.07. The van der Waals surface area contributed by atoms with E-state index in [-0.39, 0.29) is 23.9 Å². The van der Waals surface area contributed by atoms with E-state index in [2.05, 4.69) is 4.90 Å². The van der Waals surface area contributed by atoms with Crippen LogP contribution >= 0.6 is 0 Å². The summed E-state index contributed by atoms with van der Waals surface area (Å²) in [6.07, 6.45) is 1.63. The van der Waals surface area contributed by atoms with Crippen LogP contribution in [0.3, 0.4) is 0 Å². The van der Waals surface area contributed by atoms with Crippen LogP contribution in [0.25, 0.3) is 6.08 Å². The third-order valence-corrected chi connectivity index (χ3v) is 6.03. The summed E-state index contributed by atoms with van der Waals surface area (Å²) in [6.45, 7) is 4.77. The van der Waals surface area contributed by atoms with E-state index in [1.54, 1.807) is 44.6 Å². The molecule has 0 bridgehead atoms. The number of rotatable bonds is 7. The minimum absolute atomic E-state index is 0.120. The Balaban J connectivity index is 1.57. The number of ketones is 1. The second kappa shape index (κ2) is 9.60. The van der Waals surface area contributed by atoms with E-state index in [0.717, 1.165) is 26.2 Å². The van der Waals surface area contributed by atoms with Gasteiger partial charge in [0.05, 0.1) is 39.5 Å². The molecule has 2 aromatic rings. The summed E-state index contributed by atoms with van der Waals surface area (Å²) in [4.78, 5) is 16.5. The summed E-state index contributed by atoms with van der Waals surface area (Å²) < 4.78 is 16.6. The largest absolute Gasteiger partial charge is 0.872 e. The number of hydrogen-bond donors (Lipinski definition) is 2. The van der Waals surface area contributed by atoms with Crippen LogP contribution in [0.4, 0.5) is 0 Å². The second-order valence-electron chi connectivity index (χ2n) is 7.96. The molecule has 0 atom stereocenters. The van der Waals surface area contributed by atoms with E-state index in [0.29, 0.717) is 47.0 Å². The first-order chi connectivity index (χ1) is 15.5. The van der Waals surface area contributed by atoms with Crippen LogP contribution in [0, 0.1) is 0 Å². The molecule has 2 heterocycles. The van der Waals surface area contributed by atoms with Crippen LogP contribution in [-0.2, 0) is 6.54 Å². The molecule has 2 aliphatic rings. The van der Waals surface area contributed by atoms with Gasteiger partial charge >= 0.3 is 0 Å². The Bertz CT molecular complexity index is 1030. The standard InChI is InChI=1S/C24H28N2O6/c1-30-17-4-3-16(21(14-17)31-2)13-22-23(29)18-5-6-20(28)19(24(18)32-22)15-26-9-7-25(8-10-26)11-12-27/h3-6,13-14,27-28H,7-12,15H2,1-2H3. The van der Waals surface area contributed by atoms with E-state index < -0.39 is 0 Å². The van der Waals surface area contributed by atoms with E-state index in [1.165, 1.54) is 11.0 Å². The first kappa shape index (κ1) is 22.1. The number of β-amino-alcohol motifs (C(OH)–C–C–N with tert-alkyl or cyclic N) is 1.